The van der Waals surface area contributed by atoms with Gasteiger partial charge in [-0.2, -0.15) is 0 Å². The number of nitrogens with one attached hydrogen (secondary N) is 1. The highest BCUT2D eigenvalue weighted by molar-refractivity contribution is 7.11. The normalized spacial score (nSPS) is 17.7. The Labute approximate surface area is 134 Å². The van der Waals surface area contributed by atoms with Crippen molar-refractivity contribution in [2.24, 2.45) is 10.7 Å². The summed E-state index contributed by atoms with van der Waals surface area (Å²) in [6.07, 6.45) is 0.878. The van der Waals surface area contributed by atoms with E-state index >= 15 is 0 Å². The fraction of sp³-hybridized carbons (Fsp3) is 0.375. The second kappa shape index (κ2) is 6.36. The number of hydrogen-bond donors (Lipinski definition) is 2. The summed E-state index contributed by atoms with van der Waals surface area (Å²) in [6, 6.07) is 8.18. The van der Waals surface area contributed by atoms with E-state index in [2.05, 4.69) is 28.3 Å². The molecule has 5 nitrogen and oxygen atoms in total. The largest absolute Gasteiger partial charge is 0.493 e. The smallest absolute Gasteiger partial charge is 0.189 e. The molecule has 0 bridgehead atoms. The van der Waals surface area contributed by atoms with Crippen molar-refractivity contribution in [3.8, 4) is 5.75 Å². The van der Waals surface area contributed by atoms with E-state index < -0.39 is 0 Å². The molecule has 6 heteroatoms. The first kappa shape index (κ1) is 14.8. The van der Waals surface area contributed by atoms with Crippen LogP contribution in [0.1, 0.15) is 33.6 Å². The average molecular weight is 316 g/mol. The standard InChI is InChI=1S/C16H20N4OS/c1-10-11(2)22-15(19-10)9-18-16(17)20-13-7-8-21-14-6-4-3-5-12(13)14/h3-6,13H,7-9H2,1-2H3,(H3,17,18,20). The molecule has 0 spiro atoms. The van der Waals surface area contributed by atoms with Gasteiger partial charge in [0.25, 0.3) is 0 Å². The fourth-order valence-corrected chi connectivity index (χ4v) is 3.33. The van der Waals surface area contributed by atoms with Crippen LogP contribution in [-0.2, 0) is 6.54 Å². The Morgan fingerprint density at radius 2 is 2.27 bits per heavy atom. The topological polar surface area (TPSA) is 72.5 Å². The van der Waals surface area contributed by atoms with Crippen LogP contribution in [0.25, 0.3) is 0 Å². The second-order valence-corrected chi connectivity index (χ2v) is 6.61. The second-order valence-electron chi connectivity index (χ2n) is 5.32. The van der Waals surface area contributed by atoms with Crippen LogP contribution in [-0.4, -0.2) is 17.6 Å². The number of hydrogen-bond acceptors (Lipinski definition) is 4. The fourth-order valence-electron chi connectivity index (χ4n) is 2.48. The zero-order valence-corrected chi connectivity index (χ0v) is 13.6. The molecule has 0 aliphatic carbocycles. The predicted molar refractivity (Wildman–Crippen MR) is 89.3 cm³/mol. The number of rotatable bonds is 3. The zero-order valence-electron chi connectivity index (χ0n) is 12.8. The van der Waals surface area contributed by atoms with Gasteiger partial charge in [-0.05, 0) is 19.9 Å². The number of guanidine groups is 1. The number of benzene rings is 1. The lowest BCUT2D eigenvalue weighted by atomic mass is 10.0. The molecule has 1 atom stereocenters. The predicted octanol–water partition coefficient (Wildman–Crippen LogP) is 2.69. The first-order valence-electron chi connectivity index (χ1n) is 7.34. The van der Waals surface area contributed by atoms with Crippen LogP contribution >= 0.6 is 11.3 Å². The van der Waals surface area contributed by atoms with Crippen molar-refractivity contribution in [1.29, 1.82) is 0 Å². The third kappa shape index (κ3) is 3.22. The molecule has 0 amide bonds. The first-order valence-corrected chi connectivity index (χ1v) is 8.16. The van der Waals surface area contributed by atoms with E-state index in [0.29, 0.717) is 19.1 Å². The third-order valence-electron chi connectivity index (χ3n) is 3.74. The summed E-state index contributed by atoms with van der Waals surface area (Å²) in [7, 11) is 0. The highest BCUT2D eigenvalue weighted by atomic mass is 32.1. The van der Waals surface area contributed by atoms with Crippen LogP contribution < -0.4 is 15.8 Å². The minimum atomic E-state index is 0.147. The van der Waals surface area contributed by atoms with Crippen molar-refractivity contribution in [1.82, 2.24) is 10.3 Å². The molecule has 1 aromatic carbocycles. The lowest BCUT2D eigenvalue weighted by Crippen LogP contribution is -2.37. The summed E-state index contributed by atoms with van der Waals surface area (Å²) in [5, 5.41) is 4.28. The molecule has 3 rings (SSSR count). The van der Waals surface area contributed by atoms with Crippen LogP contribution in [0.5, 0.6) is 5.75 Å². The minimum absolute atomic E-state index is 0.147. The number of aryl methyl sites for hydroxylation is 2. The summed E-state index contributed by atoms with van der Waals surface area (Å²) < 4.78 is 5.65. The van der Waals surface area contributed by atoms with Gasteiger partial charge in [-0.25, -0.2) is 9.98 Å². The molecule has 0 fully saturated rings. The number of aromatic nitrogens is 1. The maximum Gasteiger partial charge on any atom is 0.189 e. The zero-order chi connectivity index (χ0) is 15.5. The van der Waals surface area contributed by atoms with Gasteiger partial charge in [0, 0.05) is 16.9 Å². The number of fused-ring (bicyclic) bond motifs is 1. The van der Waals surface area contributed by atoms with Crippen LogP contribution in [0.3, 0.4) is 0 Å². The number of nitrogens with two attached hydrogens (primary N) is 1. The van der Waals surface area contributed by atoms with Crippen molar-refractivity contribution in [2.45, 2.75) is 32.9 Å². The Hall–Kier alpha value is -2.08. The number of nitrogens with zero attached hydrogens (tertiary/aromatic N) is 2. The molecule has 22 heavy (non-hydrogen) atoms. The van der Waals surface area contributed by atoms with Crippen molar-refractivity contribution in [2.75, 3.05) is 6.61 Å². The van der Waals surface area contributed by atoms with Crippen LogP contribution in [0.4, 0.5) is 0 Å². The Balaban J connectivity index is 1.67. The molecule has 1 aliphatic rings. The number of aliphatic imine (C=N–C) groups is 1. The summed E-state index contributed by atoms with van der Waals surface area (Å²) in [6.45, 7) is 5.29. The third-order valence-corrected chi connectivity index (χ3v) is 4.80. The first-order chi connectivity index (χ1) is 10.6. The number of ether oxygens (including phenoxy) is 1. The van der Waals surface area contributed by atoms with Gasteiger partial charge in [0.05, 0.1) is 24.9 Å². The van der Waals surface area contributed by atoms with Crippen molar-refractivity contribution in [3.05, 3.63) is 45.4 Å². The molecule has 1 aliphatic heterocycles. The summed E-state index contributed by atoms with van der Waals surface area (Å²) in [5.74, 6) is 1.37. The van der Waals surface area contributed by atoms with Crippen molar-refractivity contribution in [3.63, 3.8) is 0 Å². The highest BCUT2D eigenvalue weighted by Gasteiger charge is 2.21. The van der Waals surface area contributed by atoms with Gasteiger partial charge in [-0.1, -0.05) is 18.2 Å². The molecule has 2 heterocycles. The van der Waals surface area contributed by atoms with Gasteiger partial charge in [-0.15, -0.1) is 11.3 Å². The maximum atomic E-state index is 6.03. The Morgan fingerprint density at radius 3 is 3.05 bits per heavy atom. The van der Waals surface area contributed by atoms with E-state index in [4.69, 9.17) is 10.5 Å². The van der Waals surface area contributed by atoms with Crippen LogP contribution in [0.2, 0.25) is 0 Å². The van der Waals surface area contributed by atoms with Crippen LogP contribution in [0, 0.1) is 13.8 Å². The van der Waals surface area contributed by atoms with Gasteiger partial charge < -0.3 is 15.8 Å². The van der Waals surface area contributed by atoms with E-state index in [9.17, 15) is 0 Å². The van der Waals surface area contributed by atoms with Gasteiger partial charge in [0.1, 0.15) is 10.8 Å². The van der Waals surface area contributed by atoms with E-state index in [1.54, 1.807) is 11.3 Å². The molecule has 2 aromatic rings. The monoisotopic (exact) mass is 316 g/mol. The average Bonchev–Trinajstić information content (AvgIpc) is 2.84. The number of para-hydroxylation sites is 1. The maximum absolute atomic E-state index is 6.03. The summed E-state index contributed by atoms with van der Waals surface area (Å²) in [5.41, 5.74) is 8.23. The lowest BCUT2D eigenvalue weighted by Gasteiger charge is -2.26. The molecule has 1 unspecified atom stereocenters. The highest BCUT2D eigenvalue weighted by Crippen LogP contribution is 2.31. The molecule has 0 saturated heterocycles. The van der Waals surface area contributed by atoms with E-state index in [0.717, 1.165) is 28.4 Å². The van der Waals surface area contributed by atoms with Gasteiger partial charge in [0.2, 0.25) is 0 Å². The van der Waals surface area contributed by atoms with Gasteiger partial charge in [0.15, 0.2) is 5.96 Å². The molecule has 116 valence electrons. The minimum Gasteiger partial charge on any atom is -0.493 e. The Kier molecular flexibility index (Phi) is 4.29. The number of thiazole rings is 1. The van der Waals surface area contributed by atoms with E-state index in [1.165, 1.54) is 4.88 Å². The Bertz CT molecular complexity index is 676. The van der Waals surface area contributed by atoms with E-state index in [1.807, 2.05) is 25.1 Å². The van der Waals surface area contributed by atoms with Crippen molar-refractivity contribution < 1.29 is 4.74 Å². The lowest BCUT2D eigenvalue weighted by molar-refractivity contribution is 0.262. The quantitative estimate of drug-likeness (QED) is 0.674. The SMILES string of the molecule is Cc1nc(CN=C(N)NC2CCOc3ccccc32)sc1C. The van der Waals surface area contributed by atoms with E-state index in [-0.39, 0.29) is 6.04 Å². The Morgan fingerprint density at radius 1 is 1.45 bits per heavy atom. The molecule has 0 radical (unpaired) electrons. The summed E-state index contributed by atoms with van der Waals surface area (Å²) in [4.78, 5) is 10.1. The van der Waals surface area contributed by atoms with Crippen LogP contribution in [0.15, 0.2) is 29.3 Å². The summed E-state index contributed by atoms with van der Waals surface area (Å²) >= 11 is 1.67. The van der Waals surface area contributed by atoms with Gasteiger partial charge >= 0.3 is 0 Å². The molecular weight excluding hydrogens is 296 g/mol. The van der Waals surface area contributed by atoms with Crippen molar-refractivity contribution >= 4 is 17.3 Å². The molecule has 3 N–H and O–H groups in total. The molecule has 1 aromatic heterocycles. The molecule has 0 saturated carbocycles. The molecular formula is C16H20N4OS. The van der Waals surface area contributed by atoms with Gasteiger partial charge in [-0.3, -0.25) is 0 Å².